The molecule has 0 saturated carbocycles. The molecule has 0 spiro atoms. The molecule has 1 atom stereocenters. The summed E-state index contributed by atoms with van der Waals surface area (Å²) < 4.78 is 5.68. The highest BCUT2D eigenvalue weighted by atomic mass is 16.5. The van der Waals surface area contributed by atoms with E-state index in [4.69, 9.17) is 15.7 Å². The molecule has 0 radical (unpaired) electrons. The Balaban J connectivity index is 2.33. The summed E-state index contributed by atoms with van der Waals surface area (Å²) in [6.45, 7) is 1.62. The van der Waals surface area contributed by atoms with Crippen LogP contribution < -0.4 is 10.5 Å². The first kappa shape index (κ1) is 14.6. The largest absolute Gasteiger partial charge is 0.457 e. The standard InChI is InChI=1S/C16H14N2O3/c1-10(19)14-7-2-11(9-17)8-15(14)21-13-5-3-12(4-6-13)16(18)20/h2-8,10,19H,1H3,(H2,18,20)/t10-/m1/s1. The van der Waals surface area contributed by atoms with Crippen LogP contribution in [0, 0.1) is 11.3 Å². The minimum absolute atomic E-state index is 0.379. The van der Waals surface area contributed by atoms with Crippen LogP contribution in [-0.4, -0.2) is 11.0 Å². The highest BCUT2D eigenvalue weighted by Crippen LogP contribution is 2.30. The highest BCUT2D eigenvalue weighted by Gasteiger charge is 2.11. The summed E-state index contributed by atoms with van der Waals surface area (Å²) in [5.41, 5.74) is 6.56. The van der Waals surface area contributed by atoms with Crippen molar-refractivity contribution in [3.05, 3.63) is 59.2 Å². The average Bonchev–Trinajstić information content (AvgIpc) is 2.47. The van der Waals surface area contributed by atoms with Crippen molar-refractivity contribution in [1.82, 2.24) is 0 Å². The smallest absolute Gasteiger partial charge is 0.248 e. The Morgan fingerprint density at radius 1 is 1.29 bits per heavy atom. The van der Waals surface area contributed by atoms with Crippen LogP contribution in [0.2, 0.25) is 0 Å². The number of amides is 1. The quantitative estimate of drug-likeness (QED) is 0.900. The van der Waals surface area contributed by atoms with Gasteiger partial charge < -0.3 is 15.6 Å². The predicted octanol–water partition coefficient (Wildman–Crippen LogP) is 2.50. The number of ether oxygens (including phenoxy) is 1. The van der Waals surface area contributed by atoms with E-state index in [9.17, 15) is 9.90 Å². The van der Waals surface area contributed by atoms with Crippen LogP contribution in [0.1, 0.15) is 34.5 Å². The van der Waals surface area contributed by atoms with Crippen LogP contribution in [0.5, 0.6) is 11.5 Å². The zero-order chi connectivity index (χ0) is 15.4. The number of aliphatic hydroxyl groups excluding tert-OH is 1. The fourth-order valence-corrected chi connectivity index (χ4v) is 1.85. The molecule has 0 aliphatic carbocycles. The molecule has 2 aromatic rings. The Morgan fingerprint density at radius 3 is 2.48 bits per heavy atom. The molecule has 0 aliphatic heterocycles. The number of rotatable bonds is 4. The van der Waals surface area contributed by atoms with E-state index < -0.39 is 12.0 Å². The van der Waals surface area contributed by atoms with Crippen LogP contribution in [0.3, 0.4) is 0 Å². The van der Waals surface area contributed by atoms with Crippen molar-refractivity contribution in [2.24, 2.45) is 5.73 Å². The molecule has 0 unspecified atom stereocenters. The van der Waals surface area contributed by atoms with Crippen LogP contribution in [0.25, 0.3) is 0 Å². The molecule has 5 heteroatoms. The minimum atomic E-state index is -0.724. The van der Waals surface area contributed by atoms with Gasteiger partial charge in [-0.3, -0.25) is 4.79 Å². The molecule has 0 aliphatic rings. The Morgan fingerprint density at radius 2 is 1.95 bits per heavy atom. The Hall–Kier alpha value is -2.84. The SMILES string of the molecule is C[C@@H](O)c1ccc(C#N)cc1Oc1ccc(C(N)=O)cc1. The molecule has 2 aromatic carbocycles. The van der Waals surface area contributed by atoms with Gasteiger partial charge in [-0.05, 0) is 43.3 Å². The number of carbonyl (C=O) groups is 1. The van der Waals surface area contributed by atoms with Gasteiger partial charge in [-0.2, -0.15) is 5.26 Å². The zero-order valence-corrected chi connectivity index (χ0v) is 11.4. The number of nitrogens with two attached hydrogens (primary N) is 1. The van der Waals surface area contributed by atoms with Gasteiger partial charge in [0, 0.05) is 11.1 Å². The van der Waals surface area contributed by atoms with Gasteiger partial charge >= 0.3 is 0 Å². The Bertz CT molecular complexity index is 700. The topological polar surface area (TPSA) is 96.3 Å². The zero-order valence-electron chi connectivity index (χ0n) is 11.4. The van der Waals surface area contributed by atoms with Crippen LogP contribution >= 0.6 is 0 Å². The molecule has 2 rings (SSSR count). The normalized spacial score (nSPS) is 11.5. The number of benzene rings is 2. The summed E-state index contributed by atoms with van der Waals surface area (Å²) in [5.74, 6) is 0.366. The molecule has 0 fully saturated rings. The maximum atomic E-state index is 11.0. The van der Waals surface area contributed by atoms with E-state index in [-0.39, 0.29) is 0 Å². The Kier molecular flexibility index (Phi) is 4.21. The summed E-state index contributed by atoms with van der Waals surface area (Å²) in [7, 11) is 0. The highest BCUT2D eigenvalue weighted by molar-refractivity contribution is 5.92. The number of hydrogen-bond acceptors (Lipinski definition) is 4. The molecule has 0 heterocycles. The van der Waals surface area contributed by atoms with Gasteiger partial charge in [0.1, 0.15) is 11.5 Å². The van der Waals surface area contributed by atoms with Gasteiger partial charge in [0.25, 0.3) is 0 Å². The van der Waals surface area contributed by atoms with Crippen LogP contribution in [0.15, 0.2) is 42.5 Å². The number of primary amides is 1. The first-order chi connectivity index (χ1) is 10.0. The fourth-order valence-electron chi connectivity index (χ4n) is 1.85. The van der Waals surface area contributed by atoms with Crippen molar-refractivity contribution in [2.75, 3.05) is 0 Å². The van der Waals surface area contributed by atoms with E-state index in [1.54, 1.807) is 49.4 Å². The predicted molar refractivity (Wildman–Crippen MR) is 76.8 cm³/mol. The monoisotopic (exact) mass is 282 g/mol. The van der Waals surface area contributed by atoms with Gasteiger partial charge in [0.15, 0.2) is 0 Å². The van der Waals surface area contributed by atoms with Gasteiger partial charge in [-0.25, -0.2) is 0 Å². The molecule has 0 saturated heterocycles. The molecule has 21 heavy (non-hydrogen) atoms. The van der Waals surface area contributed by atoms with E-state index in [0.717, 1.165) is 0 Å². The maximum absolute atomic E-state index is 11.0. The number of nitrogens with zero attached hydrogens (tertiary/aromatic N) is 1. The fraction of sp³-hybridized carbons (Fsp3) is 0.125. The van der Waals surface area contributed by atoms with Crippen molar-refractivity contribution in [3.8, 4) is 17.6 Å². The number of carbonyl (C=O) groups excluding carboxylic acids is 1. The third-order valence-corrected chi connectivity index (χ3v) is 2.96. The second-order valence-corrected chi connectivity index (χ2v) is 4.53. The molecule has 106 valence electrons. The lowest BCUT2D eigenvalue weighted by Gasteiger charge is -2.13. The van der Waals surface area contributed by atoms with E-state index in [0.29, 0.717) is 28.2 Å². The first-order valence-corrected chi connectivity index (χ1v) is 6.31. The molecular weight excluding hydrogens is 268 g/mol. The Labute approximate surface area is 122 Å². The molecule has 3 N–H and O–H groups in total. The lowest BCUT2D eigenvalue weighted by Crippen LogP contribution is -2.10. The third-order valence-electron chi connectivity index (χ3n) is 2.96. The van der Waals surface area contributed by atoms with Crippen molar-refractivity contribution in [1.29, 1.82) is 5.26 Å². The number of nitriles is 1. The minimum Gasteiger partial charge on any atom is -0.457 e. The summed E-state index contributed by atoms with van der Waals surface area (Å²) >= 11 is 0. The van der Waals surface area contributed by atoms with Crippen molar-refractivity contribution in [2.45, 2.75) is 13.0 Å². The first-order valence-electron chi connectivity index (χ1n) is 6.31. The average molecular weight is 282 g/mol. The summed E-state index contributed by atoms with van der Waals surface area (Å²) in [6, 6.07) is 13.1. The lowest BCUT2D eigenvalue weighted by molar-refractivity contribution is 0.100. The van der Waals surface area contributed by atoms with E-state index >= 15 is 0 Å². The van der Waals surface area contributed by atoms with Gasteiger partial charge in [-0.15, -0.1) is 0 Å². The maximum Gasteiger partial charge on any atom is 0.248 e. The summed E-state index contributed by atoms with van der Waals surface area (Å²) in [5, 5.41) is 18.7. The third kappa shape index (κ3) is 3.38. The van der Waals surface area contributed by atoms with Gasteiger partial charge in [-0.1, -0.05) is 6.07 Å². The number of aliphatic hydroxyl groups is 1. The van der Waals surface area contributed by atoms with E-state index in [1.807, 2.05) is 6.07 Å². The number of hydrogen-bond donors (Lipinski definition) is 2. The van der Waals surface area contributed by atoms with Crippen molar-refractivity contribution in [3.63, 3.8) is 0 Å². The summed E-state index contributed by atoms with van der Waals surface area (Å²) in [6.07, 6.45) is -0.724. The molecule has 1 amide bonds. The molecule has 0 bridgehead atoms. The van der Waals surface area contributed by atoms with Gasteiger partial charge in [0.05, 0.1) is 17.7 Å². The van der Waals surface area contributed by atoms with Crippen molar-refractivity contribution >= 4 is 5.91 Å². The molecule has 0 aromatic heterocycles. The van der Waals surface area contributed by atoms with E-state index in [1.165, 1.54) is 0 Å². The molecular formula is C16H14N2O3. The van der Waals surface area contributed by atoms with Crippen LogP contribution in [-0.2, 0) is 0 Å². The van der Waals surface area contributed by atoms with Gasteiger partial charge in [0.2, 0.25) is 5.91 Å². The van der Waals surface area contributed by atoms with Crippen LogP contribution in [0.4, 0.5) is 0 Å². The molecule has 5 nitrogen and oxygen atoms in total. The summed E-state index contributed by atoms with van der Waals surface area (Å²) in [4.78, 5) is 11.0. The van der Waals surface area contributed by atoms with E-state index in [2.05, 4.69) is 0 Å². The second kappa shape index (κ2) is 6.07. The second-order valence-electron chi connectivity index (χ2n) is 4.53. The van der Waals surface area contributed by atoms with Crippen molar-refractivity contribution < 1.29 is 14.6 Å². The lowest BCUT2D eigenvalue weighted by atomic mass is 10.1.